The summed E-state index contributed by atoms with van der Waals surface area (Å²) < 4.78 is 0. The number of rotatable bonds is 1. The van der Waals surface area contributed by atoms with Gasteiger partial charge in [0, 0.05) is 16.3 Å². The van der Waals surface area contributed by atoms with E-state index in [4.69, 9.17) is 4.98 Å². The molecule has 0 saturated carbocycles. The Morgan fingerprint density at radius 1 is 0.484 bits per heavy atom. The first-order valence-corrected chi connectivity index (χ1v) is 10.6. The molecule has 0 bridgehead atoms. The second-order valence-corrected chi connectivity index (χ2v) is 8.09. The number of hydrogen-bond donors (Lipinski definition) is 1. The van der Waals surface area contributed by atoms with Gasteiger partial charge in [0.2, 0.25) is 0 Å². The van der Waals surface area contributed by atoms with Crippen LogP contribution in [0.3, 0.4) is 0 Å². The van der Waals surface area contributed by atoms with Crippen molar-refractivity contribution in [2.45, 2.75) is 0 Å². The molecule has 7 aromatic rings. The Bertz CT molecular complexity index is 1660. The van der Waals surface area contributed by atoms with E-state index in [9.17, 15) is 0 Å². The maximum Gasteiger partial charge on any atom is 0.139 e. The highest BCUT2D eigenvalue weighted by Crippen LogP contribution is 2.39. The van der Waals surface area contributed by atoms with E-state index in [2.05, 4.69) is 108 Å². The summed E-state index contributed by atoms with van der Waals surface area (Å²) in [7, 11) is 0. The molecule has 2 nitrogen and oxygen atoms in total. The fraction of sp³-hybridized carbons (Fsp3) is 0. The van der Waals surface area contributed by atoms with Crippen molar-refractivity contribution in [1.29, 1.82) is 0 Å². The number of benzene rings is 6. The summed E-state index contributed by atoms with van der Waals surface area (Å²) in [5.41, 5.74) is 3.29. The molecule has 2 heteroatoms. The van der Waals surface area contributed by atoms with E-state index in [0.717, 1.165) is 22.4 Å². The summed E-state index contributed by atoms with van der Waals surface area (Å²) in [4.78, 5) is 8.93. The van der Waals surface area contributed by atoms with Gasteiger partial charge in [-0.05, 0) is 38.4 Å². The van der Waals surface area contributed by atoms with Gasteiger partial charge in [-0.3, -0.25) is 0 Å². The quantitative estimate of drug-likeness (QED) is 0.223. The van der Waals surface area contributed by atoms with E-state index in [-0.39, 0.29) is 0 Å². The predicted molar refractivity (Wildman–Crippen MR) is 132 cm³/mol. The number of hydrogen-bond acceptors (Lipinski definition) is 1. The lowest BCUT2D eigenvalue weighted by Crippen LogP contribution is -1.87. The first-order chi connectivity index (χ1) is 15.4. The van der Waals surface area contributed by atoms with Gasteiger partial charge in [0.1, 0.15) is 5.82 Å². The third-order valence-electron chi connectivity index (χ3n) is 6.38. The van der Waals surface area contributed by atoms with Gasteiger partial charge in [-0.25, -0.2) is 4.98 Å². The summed E-state index contributed by atoms with van der Waals surface area (Å²) in [6.07, 6.45) is 0. The molecule has 0 amide bonds. The minimum absolute atomic E-state index is 0.921. The lowest BCUT2D eigenvalue weighted by atomic mass is 9.96. The third-order valence-corrected chi connectivity index (χ3v) is 6.38. The van der Waals surface area contributed by atoms with E-state index in [0.29, 0.717) is 0 Å². The van der Waals surface area contributed by atoms with Crippen LogP contribution >= 0.6 is 0 Å². The molecule has 0 atom stereocenters. The average molecular weight is 394 g/mol. The van der Waals surface area contributed by atoms with Crippen molar-refractivity contribution >= 4 is 54.1 Å². The highest BCUT2D eigenvalue weighted by atomic mass is 14.9. The van der Waals surface area contributed by atoms with Gasteiger partial charge < -0.3 is 4.98 Å². The number of H-pyrrole nitrogens is 1. The molecule has 0 fully saturated rings. The molecule has 1 heterocycles. The lowest BCUT2D eigenvalue weighted by molar-refractivity contribution is 1.36. The van der Waals surface area contributed by atoms with Gasteiger partial charge in [0.15, 0.2) is 0 Å². The molecular weight excluding hydrogens is 376 g/mol. The van der Waals surface area contributed by atoms with Crippen LogP contribution in [0.2, 0.25) is 0 Å². The first-order valence-electron chi connectivity index (χ1n) is 10.6. The van der Waals surface area contributed by atoms with Gasteiger partial charge in [-0.2, -0.15) is 0 Å². The van der Waals surface area contributed by atoms with Crippen LogP contribution in [0, 0.1) is 0 Å². The number of imidazole rings is 1. The van der Waals surface area contributed by atoms with Gasteiger partial charge in [-0.1, -0.05) is 97.1 Å². The van der Waals surface area contributed by atoms with E-state index in [1.807, 2.05) is 0 Å². The van der Waals surface area contributed by atoms with Crippen LogP contribution in [0.15, 0.2) is 103 Å². The van der Waals surface area contributed by atoms with Crippen LogP contribution < -0.4 is 0 Å². The van der Waals surface area contributed by atoms with Crippen molar-refractivity contribution in [3.8, 4) is 11.4 Å². The summed E-state index contributed by atoms with van der Waals surface area (Å²) in [5.74, 6) is 0.921. The van der Waals surface area contributed by atoms with E-state index in [1.165, 1.54) is 43.1 Å². The summed E-state index contributed by atoms with van der Waals surface area (Å²) in [6, 6.07) is 36.6. The zero-order valence-electron chi connectivity index (χ0n) is 16.8. The maximum absolute atomic E-state index is 5.21. The monoisotopic (exact) mass is 394 g/mol. The number of nitrogens with one attached hydrogen (secondary N) is 1. The highest BCUT2D eigenvalue weighted by molar-refractivity contribution is 6.24. The Labute approximate surface area is 178 Å². The Balaban J connectivity index is 1.70. The van der Waals surface area contributed by atoms with Gasteiger partial charge >= 0.3 is 0 Å². The second kappa shape index (κ2) is 6.16. The van der Waals surface area contributed by atoms with Crippen LogP contribution in [-0.2, 0) is 0 Å². The molecule has 31 heavy (non-hydrogen) atoms. The van der Waals surface area contributed by atoms with Crippen LogP contribution in [0.1, 0.15) is 0 Å². The zero-order chi connectivity index (χ0) is 20.4. The molecule has 0 saturated heterocycles. The molecule has 0 spiro atoms. The minimum Gasteiger partial charge on any atom is -0.337 e. The number of fused-ring (bicyclic) bond motifs is 8. The number of aromatic amines is 1. The molecule has 7 rings (SSSR count). The summed E-state index contributed by atoms with van der Waals surface area (Å²) in [6.45, 7) is 0. The Morgan fingerprint density at radius 3 is 1.61 bits per heavy atom. The molecule has 0 aliphatic carbocycles. The normalized spacial score (nSPS) is 11.9. The summed E-state index contributed by atoms with van der Waals surface area (Å²) in [5, 5.41) is 9.78. The Hall–Kier alpha value is -4.17. The fourth-order valence-corrected chi connectivity index (χ4v) is 5.01. The Morgan fingerprint density at radius 2 is 0.968 bits per heavy atom. The smallest absolute Gasteiger partial charge is 0.139 e. The van der Waals surface area contributed by atoms with Crippen molar-refractivity contribution in [3.05, 3.63) is 103 Å². The number of nitrogens with zero attached hydrogens (tertiary/aromatic N) is 1. The van der Waals surface area contributed by atoms with Crippen LogP contribution in [0.25, 0.3) is 65.5 Å². The number of aromatic nitrogens is 2. The molecule has 1 aromatic heterocycles. The maximum atomic E-state index is 5.21. The van der Waals surface area contributed by atoms with E-state index >= 15 is 0 Å². The van der Waals surface area contributed by atoms with E-state index in [1.54, 1.807) is 0 Å². The topological polar surface area (TPSA) is 28.7 Å². The van der Waals surface area contributed by atoms with Crippen molar-refractivity contribution in [2.24, 2.45) is 0 Å². The van der Waals surface area contributed by atoms with Crippen molar-refractivity contribution in [3.63, 3.8) is 0 Å². The lowest BCUT2D eigenvalue weighted by Gasteiger charge is -2.09. The summed E-state index contributed by atoms with van der Waals surface area (Å²) >= 11 is 0. The second-order valence-electron chi connectivity index (χ2n) is 8.09. The SMILES string of the molecule is c1ccc2c(-c3nc4c5ccccc5c5ccccc5c4[nH]3)c3ccccc3cc2c1. The first kappa shape index (κ1) is 16.6. The van der Waals surface area contributed by atoms with Crippen LogP contribution in [0.4, 0.5) is 0 Å². The van der Waals surface area contributed by atoms with Crippen LogP contribution in [0.5, 0.6) is 0 Å². The molecule has 6 aromatic carbocycles. The van der Waals surface area contributed by atoms with Crippen LogP contribution in [-0.4, -0.2) is 9.97 Å². The highest BCUT2D eigenvalue weighted by Gasteiger charge is 2.17. The van der Waals surface area contributed by atoms with Crippen molar-refractivity contribution in [2.75, 3.05) is 0 Å². The standard InChI is InChI=1S/C29H18N2/c1-3-11-20-18(9-1)17-19-10-2-4-12-21(19)26(20)29-30-27-24-15-7-5-13-22(24)23-14-6-8-16-25(23)28(27)31-29/h1-17H,(H,30,31). The molecule has 0 unspecified atom stereocenters. The van der Waals surface area contributed by atoms with Gasteiger partial charge in [0.05, 0.1) is 11.0 Å². The van der Waals surface area contributed by atoms with Gasteiger partial charge in [0.25, 0.3) is 0 Å². The molecule has 144 valence electrons. The average Bonchev–Trinajstić information content (AvgIpc) is 3.28. The molecule has 0 radical (unpaired) electrons. The molecular formula is C29H18N2. The fourth-order valence-electron chi connectivity index (χ4n) is 5.01. The van der Waals surface area contributed by atoms with Crippen molar-refractivity contribution in [1.82, 2.24) is 9.97 Å². The third kappa shape index (κ3) is 2.30. The Kier molecular flexibility index (Phi) is 3.30. The van der Waals surface area contributed by atoms with Crippen molar-refractivity contribution < 1.29 is 0 Å². The largest absolute Gasteiger partial charge is 0.337 e. The molecule has 0 aliphatic rings. The van der Waals surface area contributed by atoms with Gasteiger partial charge in [-0.15, -0.1) is 0 Å². The van der Waals surface area contributed by atoms with E-state index < -0.39 is 0 Å². The predicted octanol–water partition coefficient (Wildman–Crippen LogP) is 7.84. The molecule has 0 aliphatic heterocycles. The zero-order valence-corrected chi connectivity index (χ0v) is 16.8. The minimum atomic E-state index is 0.921. The molecule has 1 N–H and O–H groups in total.